The molecule has 0 unspecified atom stereocenters. The number of benzene rings is 2. The van der Waals surface area contributed by atoms with Crippen LogP contribution in [-0.4, -0.2) is 8.97 Å². The third-order valence-electron chi connectivity index (χ3n) is 5.66. The number of nitrogens with zero attached hydrogens (tertiary/aromatic N) is 2. The van der Waals surface area contributed by atoms with E-state index in [0.717, 1.165) is 27.6 Å². The van der Waals surface area contributed by atoms with Gasteiger partial charge in [-0.1, -0.05) is 12.1 Å². The van der Waals surface area contributed by atoms with Crippen molar-refractivity contribution in [3.63, 3.8) is 0 Å². The van der Waals surface area contributed by atoms with Crippen LogP contribution in [0.2, 0.25) is 0 Å². The summed E-state index contributed by atoms with van der Waals surface area (Å²) in [6.45, 7) is 0. The van der Waals surface area contributed by atoms with Gasteiger partial charge >= 0.3 is 0 Å². The van der Waals surface area contributed by atoms with Gasteiger partial charge in [0, 0.05) is 45.6 Å². The lowest BCUT2D eigenvalue weighted by Gasteiger charge is -2.00. The molecule has 118 valence electrons. The Morgan fingerprint density at radius 2 is 1.60 bits per heavy atom. The highest BCUT2D eigenvalue weighted by atomic mass is 16.3. The van der Waals surface area contributed by atoms with Crippen molar-refractivity contribution in [1.82, 2.24) is 8.97 Å². The van der Waals surface area contributed by atoms with E-state index < -0.39 is 0 Å². The zero-order chi connectivity index (χ0) is 16.3. The fourth-order valence-corrected chi connectivity index (χ4v) is 4.65. The zero-order valence-corrected chi connectivity index (χ0v) is 13.4. The van der Waals surface area contributed by atoms with Crippen molar-refractivity contribution in [3.05, 3.63) is 55.0 Å². The first-order chi connectivity index (χ1) is 12.3. The molecular formula is C21H12N2O2. The molecule has 0 saturated heterocycles. The number of fused-ring (bicyclic) bond motifs is 6. The summed E-state index contributed by atoms with van der Waals surface area (Å²) in [5, 5.41) is 6.01. The molecule has 0 bridgehead atoms. The minimum absolute atomic E-state index is 0.870. The Kier molecular flexibility index (Phi) is 1.75. The molecule has 7 aromatic rings. The topological polar surface area (TPSA) is 35.6 Å². The van der Waals surface area contributed by atoms with Gasteiger partial charge in [-0.3, -0.25) is 4.40 Å². The molecule has 0 amide bonds. The van der Waals surface area contributed by atoms with E-state index in [1.54, 1.807) is 12.5 Å². The lowest BCUT2D eigenvalue weighted by atomic mass is 10.1. The summed E-state index contributed by atoms with van der Waals surface area (Å²) in [5.74, 6) is 0. The molecule has 4 nitrogen and oxygen atoms in total. The van der Waals surface area contributed by atoms with E-state index in [1.807, 2.05) is 12.1 Å². The van der Waals surface area contributed by atoms with Gasteiger partial charge in [0.25, 0.3) is 0 Å². The molecule has 0 radical (unpaired) electrons. The third kappa shape index (κ3) is 1.12. The van der Waals surface area contributed by atoms with E-state index in [1.165, 1.54) is 32.7 Å². The molecule has 0 N–H and O–H groups in total. The van der Waals surface area contributed by atoms with Crippen LogP contribution in [0, 0.1) is 0 Å². The van der Waals surface area contributed by atoms with Crippen molar-refractivity contribution >= 4 is 60.3 Å². The zero-order valence-electron chi connectivity index (χ0n) is 13.4. The van der Waals surface area contributed by atoms with E-state index in [4.69, 9.17) is 8.83 Å². The van der Waals surface area contributed by atoms with E-state index in [2.05, 4.69) is 46.3 Å². The maximum atomic E-state index is 5.95. The van der Waals surface area contributed by atoms with Crippen LogP contribution in [-0.2, 0) is 7.05 Å². The Bertz CT molecular complexity index is 1600. The number of hydrogen-bond acceptors (Lipinski definition) is 2. The number of aryl methyl sites for hydroxylation is 1. The summed E-state index contributed by atoms with van der Waals surface area (Å²) < 4.78 is 16.3. The van der Waals surface area contributed by atoms with E-state index in [-0.39, 0.29) is 0 Å². The van der Waals surface area contributed by atoms with Crippen LogP contribution in [0.15, 0.2) is 63.8 Å². The van der Waals surface area contributed by atoms with Gasteiger partial charge in [0.05, 0.1) is 29.1 Å². The highest BCUT2D eigenvalue weighted by Crippen LogP contribution is 2.43. The normalized spacial score (nSPS) is 13.0. The predicted octanol–water partition coefficient (Wildman–Crippen LogP) is 5.67. The first kappa shape index (κ1) is 12.0. The quantitative estimate of drug-likeness (QED) is 0.360. The van der Waals surface area contributed by atoms with Crippen LogP contribution >= 0.6 is 0 Å². The van der Waals surface area contributed by atoms with Crippen molar-refractivity contribution in [1.29, 1.82) is 0 Å². The second-order valence-electron chi connectivity index (χ2n) is 6.72. The minimum Gasteiger partial charge on any atom is -0.462 e. The van der Waals surface area contributed by atoms with E-state index >= 15 is 0 Å². The Hall–Kier alpha value is -3.40. The third-order valence-corrected chi connectivity index (χ3v) is 5.66. The molecule has 0 aliphatic rings. The van der Waals surface area contributed by atoms with E-state index in [0.29, 0.717) is 0 Å². The van der Waals surface area contributed by atoms with Crippen LogP contribution < -0.4 is 0 Å². The average molecular weight is 324 g/mol. The van der Waals surface area contributed by atoms with Crippen LogP contribution in [0.1, 0.15) is 0 Å². The van der Waals surface area contributed by atoms with Crippen LogP contribution in [0.25, 0.3) is 60.3 Å². The molecule has 0 atom stereocenters. The van der Waals surface area contributed by atoms with Gasteiger partial charge < -0.3 is 13.4 Å². The summed E-state index contributed by atoms with van der Waals surface area (Å²) >= 11 is 0. The van der Waals surface area contributed by atoms with Crippen LogP contribution in [0.5, 0.6) is 0 Å². The molecule has 0 fully saturated rings. The molecule has 0 saturated carbocycles. The van der Waals surface area contributed by atoms with Gasteiger partial charge in [0.2, 0.25) is 5.71 Å². The fourth-order valence-electron chi connectivity index (χ4n) is 4.65. The molecule has 7 rings (SSSR count). The summed E-state index contributed by atoms with van der Waals surface area (Å²) in [6, 6.07) is 14.9. The molecule has 0 spiro atoms. The van der Waals surface area contributed by atoms with Gasteiger partial charge in [-0.05, 0) is 24.3 Å². The van der Waals surface area contributed by atoms with Crippen molar-refractivity contribution in [2.45, 2.75) is 0 Å². The standard InChI is InChI=1S/C21H12N2O2/c1-22-14-4-2-3-13-17(14)18-15(22)6-5-11-12-7-9-25-21(12)23(19(11)18)16-8-10-24-20(13)16/h2-10H,1H3. The summed E-state index contributed by atoms with van der Waals surface area (Å²) in [6.07, 6.45) is 3.52. The van der Waals surface area contributed by atoms with Crippen molar-refractivity contribution < 1.29 is 8.83 Å². The van der Waals surface area contributed by atoms with Gasteiger partial charge in [0.15, 0.2) is 5.58 Å². The minimum atomic E-state index is 0.870. The van der Waals surface area contributed by atoms with Gasteiger partial charge in [-0.25, -0.2) is 0 Å². The largest absolute Gasteiger partial charge is 0.462 e. The van der Waals surface area contributed by atoms with Crippen molar-refractivity contribution in [2.75, 3.05) is 0 Å². The Balaban J connectivity index is 2.10. The van der Waals surface area contributed by atoms with Gasteiger partial charge in [0.1, 0.15) is 0 Å². The maximum absolute atomic E-state index is 5.95. The molecule has 5 heterocycles. The number of hydrogen-bond donors (Lipinski definition) is 0. The Labute approximate surface area is 140 Å². The first-order valence-electron chi connectivity index (χ1n) is 8.34. The fraction of sp³-hybridized carbons (Fsp3) is 0.0476. The van der Waals surface area contributed by atoms with Crippen molar-refractivity contribution in [3.8, 4) is 0 Å². The highest BCUT2D eigenvalue weighted by molar-refractivity contribution is 6.31. The van der Waals surface area contributed by atoms with Crippen LogP contribution in [0.4, 0.5) is 0 Å². The summed E-state index contributed by atoms with van der Waals surface area (Å²) in [4.78, 5) is 0. The van der Waals surface area contributed by atoms with Crippen molar-refractivity contribution in [2.24, 2.45) is 7.05 Å². The molecule has 0 aliphatic heterocycles. The number of aromatic nitrogens is 2. The summed E-state index contributed by atoms with van der Waals surface area (Å²) in [5.41, 5.74) is 6.44. The highest BCUT2D eigenvalue weighted by Gasteiger charge is 2.23. The van der Waals surface area contributed by atoms with E-state index in [9.17, 15) is 0 Å². The molecule has 5 aromatic heterocycles. The summed E-state index contributed by atoms with van der Waals surface area (Å²) in [7, 11) is 2.13. The molecular weight excluding hydrogens is 312 g/mol. The molecule has 2 aromatic carbocycles. The van der Waals surface area contributed by atoms with Gasteiger partial charge in [-0.2, -0.15) is 0 Å². The second-order valence-corrected chi connectivity index (χ2v) is 6.72. The number of furan rings is 2. The predicted molar refractivity (Wildman–Crippen MR) is 99.6 cm³/mol. The van der Waals surface area contributed by atoms with Crippen LogP contribution in [0.3, 0.4) is 0 Å². The lowest BCUT2D eigenvalue weighted by Crippen LogP contribution is -1.87. The maximum Gasteiger partial charge on any atom is 0.212 e. The Morgan fingerprint density at radius 3 is 2.56 bits per heavy atom. The SMILES string of the molecule is Cn1c2cccc3c4occc4n4c5occc5c5ccc1c(c32)c54. The number of rotatable bonds is 0. The first-order valence-corrected chi connectivity index (χ1v) is 8.34. The smallest absolute Gasteiger partial charge is 0.212 e. The van der Waals surface area contributed by atoms with Gasteiger partial charge in [-0.15, -0.1) is 0 Å². The lowest BCUT2D eigenvalue weighted by molar-refractivity contribution is 0.600. The molecule has 0 aliphatic carbocycles. The second kappa shape index (κ2) is 3.64. The molecule has 25 heavy (non-hydrogen) atoms. The monoisotopic (exact) mass is 324 g/mol. The Morgan fingerprint density at radius 1 is 0.720 bits per heavy atom. The average Bonchev–Trinajstić information content (AvgIpc) is 3.36. The molecule has 4 heteroatoms.